The van der Waals surface area contributed by atoms with Gasteiger partial charge in [0, 0.05) is 23.3 Å². The topological polar surface area (TPSA) is 76.1 Å². The van der Waals surface area contributed by atoms with Crippen molar-refractivity contribution >= 4 is 29.0 Å². The van der Waals surface area contributed by atoms with Gasteiger partial charge in [0.05, 0.1) is 7.11 Å². The van der Waals surface area contributed by atoms with E-state index in [0.29, 0.717) is 23.1 Å². The molecule has 0 atom stereocenters. The van der Waals surface area contributed by atoms with Gasteiger partial charge in [-0.15, -0.1) is 0 Å². The van der Waals surface area contributed by atoms with Gasteiger partial charge in [-0.3, -0.25) is 4.79 Å². The monoisotopic (exact) mass is 396 g/mol. The first-order chi connectivity index (χ1) is 13.5. The zero-order chi connectivity index (χ0) is 19.9. The van der Waals surface area contributed by atoms with E-state index in [4.69, 9.17) is 16.3 Å². The van der Waals surface area contributed by atoms with Crippen LogP contribution in [0.25, 0.3) is 0 Å². The third-order valence-corrected chi connectivity index (χ3v) is 4.44. The lowest BCUT2D eigenvalue weighted by atomic mass is 10.1. The Morgan fingerprint density at radius 1 is 1.11 bits per heavy atom. The average molecular weight is 397 g/mol. The molecule has 0 spiro atoms. The van der Waals surface area contributed by atoms with Crippen LogP contribution in [0.2, 0.25) is 5.02 Å². The van der Waals surface area contributed by atoms with Gasteiger partial charge < -0.3 is 15.4 Å². The second kappa shape index (κ2) is 9.19. The number of halogens is 1. The number of carbonyl (C=O) groups is 1. The fourth-order valence-electron chi connectivity index (χ4n) is 2.66. The van der Waals surface area contributed by atoms with Crippen LogP contribution in [0.4, 0.5) is 11.5 Å². The molecule has 7 heteroatoms. The van der Waals surface area contributed by atoms with E-state index in [0.717, 1.165) is 29.0 Å². The van der Waals surface area contributed by atoms with E-state index < -0.39 is 0 Å². The number of ether oxygens (including phenoxy) is 1. The van der Waals surface area contributed by atoms with Gasteiger partial charge >= 0.3 is 0 Å². The van der Waals surface area contributed by atoms with Crippen LogP contribution >= 0.6 is 11.6 Å². The summed E-state index contributed by atoms with van der Waals surface area (Å²) < 4.78 is 5.14. The standard InChI is InChI=1S/C21H21ClN4O2/c1-14-11-16(22)5-8-18(14)26-20-12-19(24-13-25-20)21(27)23-10-9-15-3-6-17(28-2)7-4-15/h3-8,11-13H,9-10H2,1-2H3,(H,23,27)(H,24,25,26). The van der Waals surface area contributed by atoms with Crippen molar-refractivity contribution in [2.75, 3.05) is 19.0 Å². The van der Waals surface area contributed by atoms with Gasteiger partial charge in [0.2, 0.25) is 0 Å². The molecule has 0 bridgehead atoms. The summed E-state index contributed by atoms with van der Waals surface area (Å²) in [7, 11) is 1.63. The molecule has 0 unspecified atom stereocenters. The normalized spacial score (nSPS) is 10.4. The molecule has 2 N–H and O–H groups in total. The first-order valence-corrected chi connectivity index (χ1v) is 9.19. The molecule has 3 rings (SSSR count). The molecule has 0 saturated heterocycles. The Morgan fingerprint density at radius 3 is 2.61 bits per heavy atom. The van der Waals surface area contributed by atoms with Crippen LogP contribution in [0.3, 0.4) is 0 Å². The Balaban J connectivity index is 1.58. The maximum absolute atomic E-state index is 12.4. The van der Waals surface area contributed by atoms with E-state index >= 15 is 0 Å². The predicted octanol–water partition coefficient (Wildman–Crippen LogP) is 4.16. The molecule has 1 heterocycles. The molecular weight excluding hydrogens is 376 g/mol. The van der Waals surface area contributed by atoms with Crippen LogP contribution in [0.5, 0.6) is 5.75 Å². The Hall–Kier alpha value is -3.12. The Bertz CT molecular complexity index is 961. The SMILES string of the molecule is COc1ccc(CCNC(=O)c2cc(Nc3ccc(Cl)cc3C)ncn2)cc1. The van der Waals surface area contributed by atoms with Gasteiger partial charge in [-0.1, -0.05) is 23.7 Å². The summed E-state index contributed by atoms with van der Waals surface area (Å²) in [6.45, 7) is 2.45. The second-order valence-corrected chi connectivity index (χ2v) is 6.66. The number of nitrogens with one attached hydrogen (secondary N) is 2. The Kier molecular flexibility index (Phi) is 6.45. The highest BCUT2D eigenvalue weighted by atomic mass is 35.5. The lowest BCUT2D eigenvalue weighted by molar-refractivity contribution is 0.0949. The highest BCUT2D eigenvalue weighted by Crippen LogP contribution is 2.22. The van der Waals surface area contributed by atoms with Crippen LogP contribution in [-0.4, -0.2) is 29.5 Å². The zero-order valence-corrected chi connectivity index (χ0v) is 16.5. The molecule has 0 saturated carbocycles. The molecule has 28 heavy (non-hydrogen) atoms. The number of hydrogen-bond donors (Lipinski definition) is 2. The van der Waals surface area contributed by atoms with Crippen molar-refractivity contribution in [2.24, 2.45) is 0 Å². The van der Waals surface area contributed by atoms with Crippen LogP contribution in [0.1, 0.15) is 21.6 Å². The fourth-order valence-corrected chi connectivity index (χ4v) is 2.88. The third kappa shape index (κ3) is 5.20. The van der Waals surface area contributed by atoms with Crippen molar-refractivity contribution in [3.05, 3.63) is 76.7 Å². The molecule has 1 amide bonds. The number of rotatable bonds is 7. The van der Waals surface area contributed by atoms with E-state index in [1.165, 1.54) is 6.33 Å². The van der Waals surface area contributed by atoms with Crippen molar-refractivity contribution in [3.63, 3.8) is 0 Å². The number of anilines is 2. The molecule has 2 aromatic carbocycles. The molecule has 0 fully saturated rings. The molecule has 0 radical (unpaired) electrons. The molecule has 3 aromatic rings. The summed E-state index contributed by atoms with van der Waals surface area (Å²) in [5.74, 6) is 1.11. The Morgan fingerprint density at radius 2 is 1.89 bits per heavy atom. The minimum atomic E-state index is -0.244. The number of hydrogen-bond acceptors (Lipinski definition) is 5. The van der Waals surface area contributed by atoms with Gasteiger partial charge in [0.1, 0.15) is 23.6 Å². The minimum absolute atomic E-state index is 0.244. The van der Waals surface area contributed by atoms with E-state index in [-0.39, 0.29) is 5.91 Å². The average Bonchev–Trinajstić information content (AvgIpc) is 2.71. The molecule has 144 valence electrons. The van der Waals surface area contributed by atoms with E-state index in [9.17, 15) is 4.79 Å². The highest BCUT2D eigenvalue weighted by Gasteiger charge is 2.09. The quantitative estimate of drug-likeness (QED) is 0.627. The van der Waals surface area contributed by atoms with E-state index in [1.807, 2.05) is 43.3 Å². The van der Waals surface area contributed by atoms with Gasteiger partial charge in [0.15, 0.2) is 0 Å². The van der Waals surface area contributed by atoms with Gasteiger partial charge in [0.25, 0.3) is 5.91 Å². The molecule has 0 aliphatic carbocycles. The number of amides is 1. The van der Waals surface area contributed by atoms with Gasteiger partial charge in [-0.05, 0) is 54.8 Å². The number of aryl methyl sites for hydroxylation is 1. The van der Waals surface area contributed by atoms with Crippen molar-refractivity contribution in [1.29, 1.82) is 0 Å². The molecule has 0 aliphatic rings. The lowest BCUT2D eigenvalue weighted by Crippen LogP contribution is -2.26. The van der Waals surface area contributed by atoms with E-state index in [2.05, 4.69) is 20.6 Å². The summed E-state index contributed by atoms with van der Waals surface area (Å²) in [5, 5.41) is 6.74. The number of methoxy groups -OCH3 is 1. The lowest BCUT2D eigenvalue weighted by Gasteiger charge is -2.10. The van der Waals surface area contributed by atoms with Gasteiger partial charge in [-0.2, -0.15) is 0 Å². The largest absolute Gasteiger partial charge is 0.497 e. The molecule has 0 aliphatic heterocycles. The summed E-state index contributed by atoms with van der Waals surface area (Å²) in [5.41, 5.74) is 3.27. The van der Waals surface area contributed by atoms with Crippen molar-refractivity contribution in [1.82, 2.24) is 15.3 Å². The maximum atomic E-state index is 12.4. The summed E-state index contributed by atoms with van der Waals surface area (Å²) in [6.07, 6.45) is 2.09. The van der Waals surface area contributed by atoms with E-state index in [1.54, 1.807) is 19.2 Å². The minimum Gasteiger partial charge on any atom is -0.497 e. The first kappa shape index (κ1) is 19.6. The molecule has 6 nitrogen and oxygen atoms in total. The highest BCUT2D eigenvalue weighted by molar-refractivity contribution is 6.30. The number of benzene rings is 2. The second-order valence-electron chi connectivity index (χ2n) is 6.23. The summed E-state index contributed by atoms with van der Waals surface area (Å²) >= 11 is 5.98. The summed E-state index contributed by atoms with van der Waals surface area (Å²) in [4.78, 5) is 20.6. The van der Waals surface area contributed by atoms with Gasteiger partial charge in [-0.25, -0.2) is 9.97 Å². The zero-order valence-electron chi connectivity index (χ0n) is 15.7. The molecular formula is C21H21ClN4O2. The maximum Gasteiger partial charge on any atom is 0.270 e. The van der Waals surface area contributed by atoms with Crippen LogP contribution in [0.15, 0.2) is 54.9 Å². The Labute approximate surface area is 168 Å². The van der Waals surface area contributed by atoms with Crippen molar-refractivity contribution in [2.45, 2.75) is 13.3 Å². The third-order valence-electron chi connectivity index (χ3n) is 4.21. The van der Waals surface area contributed by atoms with Crippen LogP contribution < -0.4 is 15.4 Å². The molecule has 1 aromatic heterocycles. The number of nitrogens with zero attached hydrogens (tertiary/aromatic N) is 2. The van der Waals surface area contributed by atoms with Crippen LogP contribution in [-0.2, 0) is 6.42 Å². The smallest absolute Gasteiger partial charge is 0.270 e. The number of aromatic nitrogens is 2. The number of carbonyl (C=O) groups excluding carboxylic acids is 1. The predicted molar refractivity (Wildman–Crippen MR) is 111 cm³/mol. The van der Waals surface area contributed by atoms with Crippen molar-refractivity contribution < 1.29 is 9.53 Å². The fraction of sp³-hybridized carbons (Fsp3) is 0.190. The van der Waals surface area contributed by atoms with Crippen LogP contribution in [0, 0.1) is 6.92 Å². The van der Waals surface area contributed by atoms with Crippen molar-refractivity contribution in [3.8, 4) is 5.75 Å². The summed E-state index contributed by atoms with van der Waals surface area (Å²) in [6, 6.07) is 14.9. The first-order valence-electron chi connectivity index (χ1n) is 8.81.